The van der Waals surface area contributed by atoms with Crippen molar-refractivity contribution in [2.45, 2.75) is 12.5 Å². The zero-order valence-corrected chi connectivity index (χ0v) is 11.5. The number of rotatable bonds is 5. The van der Waals surface area contributed by atoms with Crippen LogP contribution in [0.1, 0.15) is 16.8 Å². The zero-order valence-electron chi connectivity index (χ0n) is 11.5. The van der Waals surface area contributed by atoms with Crippen molar-refractivity contribution in [2.75, 3.05) is 20.3 Å². The average molecular weight is 293 g/mol. The smallest absolute Gasteiger partial charge is 0.347 e. The first kappa shape index (κ1) is 14.8. The first-order valence-corrected chi connectivity index (χ1v) is 6.38. The third-order valence-electron chi connectivity index (χ3n) is 2.91. The molecule has 0 radical (unpaired) electrons. The summed E-state index contributed by atoms with van der Waals surface area (Å²) in [5, 5.41) is 2.42. The van der Waals surface area contributed by atoms with E-state index < -0.39 is 23.9 Å². The summed E-state index contributed by atoms with van der Waals surface area (Å²) < 4.78 is 14.5. The van der Waals surface area contributed by atoms with Crippen molar-refractivity contribution in [1.82, 2.24) is 5.32 Å². The van der Waals surface area contributed by atoms with Gasteiger partial charge in [0.15, 0.2) is 0 Å². The van der Waals surface area contributed by atoms with Crippen molar-refractivity contribution in [3.05, 3.63) is 29.8 Å². The molecule has 2 rings (SSSR count). The Balaban J connectivity index is 1.79. The lowest BCUT2D eigenvalue weighted by molar-refractivity contribution is -0.159. The van der Waals surface area contributed by atoms with E-state index in [0.717, 1.165) is 0 Å². The third-order valence-corrected chi connectivity index (χ3v) is 2.91. The number of cyclic esters (lactones) is 1. The summed E-state index contributed by atoms with van der Waals surface area (Å²) in [6.45, 7) is -0.0658. The van der Waals surface area contributed by atoms with E-state index >= 15 is 0 Å². The summed E-state index contributed by atoms with van der Waals surface area (Å²) in [6.07, 6.45) is -0.521. The molecule has 1 N–H and O–H groups in total. The Kier molecular flexibility index (Phi) is 4.76. The number of carbonyl (C=O) groups is 3. The molecule has 1 atom stereocenters. The quantitative estimate of drug-likeness (QED) is 0.784. The fourth-order valence-electron chi connectivity index (χ4n) is 1.78. The maximum Gasteiger partial charge on any atom is 0.347 e. The van der Waals surface area contributed by atoms with Gasteiger partial charge in [-0.05, 0) is 24.3 Å². The first-order chi connectivity index (χ1) is 10.1. The molecule has 1 amide bonds. The van der Waals surface area contributed by atoms with Crippen molar-refractivity contribution >= 4 is 17.8 Å². The van der Waals surface area contributed by atoms with Gasteiger partial charge in [0.05, 0.1) is 13.7 Å². The molecule has 1 heterocycles. The van der Waals surface area contributed by atoms with Gasteiger partial charge in [-0.15, -0.1) is 0 Å². The zero-order chi connectivity index (χ0) is 15.2. The van der Waals surface area contributed by atoms with E-state index in [2.05, 4.69) is 10.1 Å². The van der Waals surface area contributed by atoms with Crippen LogP contribution < -0.4 is 10.1 Å². The summed E-state index contributed by atoms with van der Waals surface area (Å²) in [6, 6.07) is 6.44. The summed E-state index contributed by atoms with van der Waals surface area (Å²) in [4.78, 5) is 34.4. The highest BCUT2D eigenvalue weighted by Crippen LogP contribution is 2.11. The van der Waals surface area contributed by atoms with Crippen LogP contribution in [0.3, 0.4) is 0 Å². The van der Waals surface area contributed by atoms with Crippen molar-refractivity contribution in [1.29, 1.82) is 0 Å². The summed E-state index contributed by atoms with van der Waals surface area (Å²) in [5.74, 6) is -1.01. The number of hydrogen-bond acceptors (Lipinski definition) is 6. The normalized spacial score (nSPS) is 17.0. The molecule has 1 aromatic carbocycles. The molecule has 7 heteroatoms. The largest absolute Gasteiger partial charge is 0.497 e. The summed E-state index contributed by atoms with van der Waals surface area (Å²) in [7, 11) is 1.53. The number of nitrogens with one attached hydrogen (secondary N) is 1. The molecular weight excluding hydrogens is 278 g/mol. The molecule has 0 spiro atoms. The van der Waals surface area contributed by atoms with Crippen LogP contribution in [0.5, 0.6) is 5.75 Å². The molecule has 0 aliphatic carbocycles. The van der Waals surface area contributed by atoms with Crippen LogP contribution in [0, 0.1) is 0 Å². The Morgan fingerprint density at radius 2 is 2.05 bits per heavy atom. The lowest BCUT2D eigenvalue weighted by atomic mass is 10.2. The van der Waals surface area contributed by atoms with E-state index in [9.17, 15) is 14.4 Å². The van der Waals surface area contributed by atoms with E-state index in [4.69, 9.17) is 9.47 Å². The number of amides is 1. The van der Waals surface area contributed by atoms with Crippen molar-refractivity contribution in [3.63, 3.8) is 0 Å². The number of ether oxygens (including phenoxy) is 3. The average Bonchev–Trinajstić information content (AvgIpc) is 2.90. The molecule has 0 aromatic heterocycles. The van der Waals surface area contributed by atoms with Gasteiger partial charge in [0, 0.05) is 12.0 Å². The standard InChI is InChI=1S/C14H15NO6/c1-19-10-4-2-9(3-5-10)13(17)15-8-12(16)21-11-6-7-20-14(11)18/h2-5,11H,6-8H2,1H3,(H,15,17)/t11-/m0/s1. The molecule has 0 unspecified atom stereocenters. The molecule has 112 valence electrons. The maximum absolute atomic E-state index is 11.8. The SMILES string of the molecule is COc1ccc(C(=O)NCC(=O)O[C@H]2CCOC2=O)cc1. The van der Waals surface area contributed by atoms with Crippen LogP contribution in [-0.4, -0.2) is 44.2 Å². The minimum absolute atomic E-state index is 0.245. The topological polar surface area (TPSA) is 90.9 Å². The highest BCUT2D eigenvalue weighted by Gasteiger charge is 2.30. The number of carbonyl (C=O) groups excluding carboxylic acids is 3. The summed E-state index contributed by atoms with van der Waals surface area (Å²) >= 11 is 0. The molecule has 21 heavy (non-hydrogen) atoms. The van der Waals surface area contributed by atoms with E-state index in [1.165, 1.54) is 7.11 Å². The van der Waals surface area contributed by atoms with E-state index in [0.29, 0.717) is 17.7 Å². The Morgan fingerprint density at radius 3 is 2.62 bits per heavy atom. The lowest BCUT2D eigenvalue weighted by Crippen LogP contribution is -2.33. The minimum Gasteiger partial charge on any atom is -0.497 e. The predicted octanol–water partition coefficient (Wildman–Crippen LogP) is 0.284. The summed E-state index contributed by atoms with van der Waals surface area (Å²) in [5.41, 5.74) is 0.392. The van der Waals surface area contributed by atoms with Crippen molar-refractivity contribution in [3.8, 4) is 5.75 Å². The number of hydrogen-bond donors (Lipinski definition) is 1. The van der Waals surface area contributed by atoms with E-state index in [-0.39, 0.29) is 13.2 Å². The van der Waals surface area contributed by atoms with Gasteiger partial charge in [0.2, 0.25) is 6.10 Å². The Bertz CT molecular complexity index is 539. The molecule has 1 fully saturated rings. The second kappa shape index (κ2) is 6.74. The second-order valence-electron chi connectivity index (χ2n) is 4.35. The highest BCUT2D eigenvalue weighted by atomic mass is 16.6. The monoisotopic (exact) mass is 293 g/mol. The van der Waals surface area contributed by atoms with Crippen molar-refractivity contribution < 1.29 is 28.6 Å². The van der Waals surface area contributed by atoms with Gasteiger partial charge < -0.3 is 19.5 Å². The fourth-order valence-corrected chi connectivity index (χ4v) is 1.78. The van der Waals surface area contributed by atoms with Crippen LogP contribution in [0.4, 0.5) is 0 Å². The Morgan fingerprint density at radius 1 is 1.33 bits per heavy atom. The molecule has 0 saturated carbocycles. The van der Waals surface area contributed by atoms with Crippen LogP contribution in [0.2, 0.25) is 0 Å². The fraction of sp³-hybridized carbons (Fsp3) is 0.357. The highest BCUT2D eigenvalue weighted by molar-refractivity contribution is 5.96. The van der Waals surface area contributed by atoms with Gasteiger partial charge in [-0.1, -0.05) is 0 Å². The van der Waals surface area contributed by atoms with Crippen LogP contribution in [0.15, 0.2) is 24.3 Å². The third kappa shape index (κ3) is 3.95. The molecule has 1 aromatic rings. The number of methoxy groups -OCH3 is 1. The van der Waals surface area contributed by atoms with Gasteiger partial charge >= 0.3 is 11.9 Å². The molecule has 7 nitrogen and oxygen atoms in total. The Hall–Kier alpha value is -2.57. The molecule has 1 saturated heterocycles. The number of benzene rings is 1. The van der Waals surface area contributed by atoms with Gasteiger partial charge in [-0.2, -0.15) is 0 Å². The van der Waals surface area contributed by atoms with Crippen LogP contribution in [-0.2, 0) is 19.1 Å². The Labute approximate surface area is 121 Å². The molecule has 0 bridgehead atoms. The van der Waals surface area contributed by atoms with Gasteiger partial charge in [-0.25, -0.2) is 4.79 Å². The molecule has 1 aliphatic heterocycles. The lowest BCUT2D eigenvalue weighted by Gasteiger charge is -2.09. The minimum atomic E-state index is -0.865. The second-order valence-corrected chi connectivity index (χ2v) is 4.35. The predicted molar refractivity (Wildman–Crippen MR) is 70.8 cm³/mol. The maximum atomic E-state index is 11.8. The van der Waals surface area contributed by atoms with Gasteiger partial charge in [0.1, 0.15) is 12.3 Å². The first-order valence-electron chi connectivity index (χ1n) is 6.38. The van der Waals surface area contributed by atoms with Gasteiger partial charge in [0.25, 0.3) is 5.91 Å². The number of esters is 2. The molecular formula is C14H15NO6. The van der Waals surface area contributed by atoms with Crippen molar-refractivity contribution in [2.24, 2.45) is 0 Å². The van der Waals surface area contributed by atoms with E-state index in [1.54, 1.807) is 24.3 Å². The van der Waals surface area contributed by atoms with E-state index in [1.807, 2.05) is 0 Å². The molecule has 1 aliphatic rings. The van der Waals surface area contributed by atoms with Gasteiger partial charge in [-0.3, -0.25) is 9.59 Å². The van der Waals surface area contributed by atoms with Crippen LogP contribution in [0.25, 0.3) is 0 Å². The van der Waals surface area contributed by atoms with Crippen LogP contribution >= 0.6 is 0 Å².